The Bertz CT molecular complexity index is 1160. The summed E-state index contributed by atoms with van der Waals surface area (Å²) in [5.74, 6) is 1.53. The van der Waals surface area contributed by atoms with Gasteiger partial charge in [-0.15, -0.1) is 0 Å². The third-order valence-corrected chi connectivity index (χ3v) is 6.41. The minimum absolute atomic E-state index is 0.270. The highest BCUT2D eigenvalue weighted by Crippen LogP contribution is 2.40. The summed E-state index contributed by atoms with van der Waals surface area (Å²) in [6.45, 7) is 0.526. The van der Waals surface area contributed by atoms with Gasteiger partial charge in [0.05, 0.1) is 0 Å². The third kappa shape index (κ3) is 4.29. The molecule has 1 heterocycles. The van der Waals surface area contributed by atoms with E-state index >= 15 is 0 Å². The molecule has 1 aliphatic heterocycles. The average Bonchev–Trinajstić information content (AvgIpc) is 2.84. The molecule has 1 aliphatic carbocycles. The van der Waals surface area contributed by atoms with Gasteiger partial charge in [0.2, 0.25) is 11.9 Å². The SMILES string of the molecule is NC1=NC2(CCCCC2)N(c2ccc(-c3ccccc3OCc3ccccc3)cc2)C(N)=N1. The highest BCUT2D eigenvalue weighted by molar-refractivity contribution is 6.05. The standard InChI is InChI=1S/C27H29N5O/c28-25-30-26(29)32(27(31-25)17-7-2-8-18-27)22-15-13-21(14-16-22)23-11-5-6-12-24(23)33-19-20-9-3-1-4-10-20/h1,3-6,9-16H,2,7-8,17-19H2,(H4,28,29,30,31). The molecule has 0 atom stereocenters. The van der Waals surface area contributed by atoms with E-state index in [-0.39, 0.29) is 5.96 Å². The summed E-state index contributed by atoms with van der Waals surface area (Å²) in [5, 5.41) is 0. The van der Waals surface area contributed by atoms with Crippen molar-refractivity contribution >= 4 is 17.6 Å². The first-order valence-corrected chi connectivity index (χ1v) is 11.5. The smallest absolute Gasteiger partial charge is 0.220 e. The van der Waals surface area contributed by atoms with Crippen LogP contribution in [0.25, 0.3) is 11.1 Å². The van der Waals surface area contributed by atoms with E-state index in [0.717, 1.165) is 53.8 Å². The number of hydrogen-bond donors (Lipinski definition) is 2. The lowest BCUT2D eigenvalue weighted by Crippen LogP contribution is -2.58. The fraction of sp³-hybridized carbons (Fsp3) is 0.259. The largest absolute Gasteiger partial charge is 0.488 e. The van der Waals surface area contributed by atoms with Crippen molar-refractivity contribution in [3.8, 4) is 16.9 Å². The Morgan fingerprint density at radius 2 is 1.52 bits per heavy atom. The van der Waals surface area contributed by atoms with E-state index in [2.05, 4.69) is 52.4 Å². The maximum absolute atomic E-state index is 6.37. The number of ether oxygens (including phenoxy) is 1. The normalized spacial score (nSPS) is 17.4. The Hall–Kier alpha value is -3.80. The number of rotatable bonds is 5. The van der Waals surface area contributed by atoms with Gasteiger partial charge in [0.25, 0.3) is 0 Å². The second-order valence-corrected chi connectivity index (χ2v) is 8.64. The van der Waals surface area contributed by atoms with E-state index in [1.54, 1.807) is 0 Å². The molecule has 0 bridgehead atoms. The number of anilines is 1. The number of nitrogens with two attached hydrogens (primary N) is 2. The van der Waals surface area contributed by atoms with Gasteiger partial charge in [0.15, 0.2) is 0 Å². The highest BCUT2D eigenvalue weighted by atomic mass is 16.5. The highest BCUT2D eigenvalue weighted by Gasteiger charge is 2.42. The summed E-state index contributed by atoms with van der Waals surface area (Å²) >= 11 is 0. The maximum Gasteiger partial charge on any atom is 0.220 e. The molecule has 6 heteroatoms. The zero-order valence-electron chi connectivity index (χ0n) is 18.7. The lowest BCUT2D eigenvalue weighted by molar-refractivity contribution is 0.305. The van der Waals surface area contributed by atoms with E-state index in [1.807, 2.05) is 36.4 Å². The van der Waals surface area contributed by atoms with Crippen LogP contribution in [-0.4, -0.2) is 17.6 Å². The van der Waals surface area contributed by atoms with Gasteiger partial charge in [-0.3, -0.25) is 4.90 Å². The minimum atomic E-state index is -0.438. The van der Waals surface area contributed by atoms with Crippen molar-refractivity contribution in [2.75, 3.05) is 4.90 Å². The van der Waals surface area contributed by atoms with Gasteiger partial charge in [-0.2, -0.15) is 4.99 Å². The topological polar surface area (TPSA) is 89.2 Å². The van der Waals surface area contributed by atoms with E-state index < -0.39 is 5.66 Å². The molecule has 0 unspecified atom stereocenters. The molecular weight excluding hydrogens is 410 g/mol. The molecule has 0 aromatic heterocycles. The van der Waals surface area contributed by atoms with Crippen molar-refractivity contribution in [3.63, 3.8) is 0 Å². The van der Waals surface area contributed by atoms with Crippen molar-refractivity contribution in [2.45, 2.75) is 44.4 Å². The number of benzene rings is 3. The van der Waals surface area contributed by atoms with E-state index in [0.29, 0.717) is 12.6 Å². The molecule has 4 N–H and O–H groups in total. The second-order valence-electron chi connectivity index (χ2n) is 8.64. The van der Waals surface area contributed by atoms with Crippen molar-refractivity contribution in [1.29, 1.82) is 0 Å². The summed E-state index contributed by atoms with van der Waals surface area (Å²) in [7, 11) is 0. The van der Waals surface area contributed by atoms with Crippen LogP contribution in [0.2, 0.25) is 0 Å². The lowest BCUT2D eigenvalue weighted by atomic mass is 9.87. The van der Waals surface area contributed by atoms with Crippen LogP contribution in [0.1, 0.15) is 37.7 Å². The van der Waals surface area contributed by atoms with Crippen LogP contribution in [0, 0.1) is 0 Å². The van der Waals surface area contributed by atoms with E-state index in [4.69, 9.17) is 21.2 Å². The molecule has 1 spiro atoms. The first kappa shape index (κ1) is 21.1. The Kier molecular flexibility index (Phi) is 5.73. The molecule has 6 nitrogen and oxygen atoms in total. The molecule has 5 rings (SSSR count). The molecular formula is C27H29N5O. The van der Waals surface area contributed by atoms with E-state index in [1.165, 1.54) is 6.42 Å². The summed E-state index contributed by atoms with van der Waals surface area (Å²) in [6.07, 6.45) is 5.25. The third-order valence-electron chi connectivity index (χ3n) is 6.41. The molecule has 0 saturated heterocycles. The van der Waals surface area contributed by atoms with Crippen LogP contribution in [0.4, 0.5) is 5.69 Å². The number of guanidine groups is 2. The first-order valence-electron chi connectivity index (χ1n) is 11.5. The lowest BCUT2D eigenvalue weighted by Gasteiger charge is -2.45. The summed E-state index contributed by atoms with van der Waals surface area (Å²) < 4.78 is 6.16. The van der Waals surface area contributed by atoms with Crippen molar-refractivity contribution in [3.05, 3.63) is 84.4 Å². The Morgan fingerprint density at radius 1 is 0.818 bits per heavy atom. The summed E-state index contributed by atoms with van der Waals surface area (Å²) in [4.78, 5) is 11.1. The van der Waals surface area contributed by atoms with Gasteiger partial charge in [0, 0.05) is 11.3 Å². The van der Waals surface area contributed by atoms with Gasteiger partial charge >= 0.3 is 0 Å². The molecule has 3 aromatic carbocycles. The number of hydrogen-bond acceptors (Lipinski definition) is 6. The van der Waals surface area contributed by atoms with Crippen LogP contribution in [0.15, 0.2) is 88.8 Å². The molecule has 1 saturated carbocycles. The predicted molar refractivity (Wildman–Crippen MR) is 134 cm³/mol. The number of para-hydroxylation sites is 1. The first-order chi connectivity index (χ1) is 16.1. The van der Waals surface area contributed by atoms with Gasteiger partial charge in [0.1, 0.15) is 18.0 Å². The molecule has 2 aliphatic rings. The van der Waals surface area contributed by atoms with Crippen LogP contribution in [0.3, 0.4) is 0 Å². The molecule has 168 valence electrons. The Labute approximate surface area is 194 Å². The van der Waals surface area contributed by atoms with Crippen molar-refractivity contribution in [1.82, 2.24) is 0 Å². The fourth-order valence-corrected chi connectivity index (χ4v) is 4.85. The predicted octanol–water partition coefficient (Wildman–Crippen LogP) is 5.04. The Morgan fingerprint density at radius 3 is 2.27 bits per heavy atom. The summed E-state index contributed by atoms with van der Waals surface area (Å²) in [5.41, 5.74) is 16.2. The molecule has 1 fully saturated rings. The van der Waals surface area contributed by atoms with Gasteiger partial charge in [-0.1, -0.05) is 67.1 Å². The number of nitrogens with zero attached hydrogens (tertiary/aromatic N) is 3. The molecule has 0 radical (unpaired) electrons. The van der Waals surface area contributed by atoms with Crippen LogP contribution in [-0.2, 0) is 6.61 Å². The zero-order valence-corrected chi connectivity index (χ0v) is 18.7. The van der Waals surface area contributed by atoms with Crippen LogP contribution in [0.5, 0.6) is 5.75 Å². The fourth-order valence-electron chi connectivity index (χ4n) is 4.85. The van der Waals surface area contributed by atoms with Crippen molar-refractivity contribution in [2.24, 2.45) is 21.5 Å². The zero-order chi connectivity index (χ0) is 22.7. The van der Waals surface area contributed by atoms with Crippen molar-refractivity contribution < 1.29 is 4.74 Å². The van der Waals surface area contributed by atoms with Crippen LogP contribution < -0.4 is 21.1 Å². The van der Waals surface area contributed by atoms with Gasteiger partial charge in [-0.05, 0) is 55.0 Å². The van der Waals surface area contributed by atoms with E-state index in [9.17, 15) is 0 Å². The summed E-state index contributed by atoms with van der Waals surface area (Å²) in [6, 6.07) is 26.7. The second kappa shape index (κ2) is 8.98. The average molecular weight is 440 g/mol. The van der Waals surface area contributed by atoms with Gasteiger partial charge in [-0.25, -0.2) is 4.99 Å². The quantitative estimate of drug-likeness (QED) is 0.583. The Balaban J connectivity index is 1.42. The monoisotopic (exact) mass is 439 g/mol. The maximum atomic E-state index is 6.37. The molecule has 33 heavy (non-hydrogen) atoms. The molecule has 3 aromatic rings. The minimum Gasteiger partial charge on any atom is -0.488 e. The number of aliphatic imine (C=N–C) groups is 2. The molecule has 0 amide bonds. The van der Waals surface area contributed by atoms with Gasteiger partial charge < -0.3 is 16.2 Å². The van der Waals surface area contributed by atoms with Crippen LogP contribution >= 0.6 is 0 Å².